The monoisotopic (exact) mass is 292 g/mol. The molecule has 0 N–H and O–H groups in total. The van der Waals surface area contributed by atoms with E-state index in [1.165, 1.54) is 44.1 Å². The summed E-state index contributed by atoms with van der Waals surface area (Å²) >= 11 is 0. The molecule has 0 unspecified atom stereocenters. The van der Waals surface area contributed by atoms with Crippen molar-refractivity contribution in [1.29, 1.82) is 0 Å². The Morgan fingerprint density at radius 3 is 1.48 bits per heavy atom. The summed E-state index contributed by atoms with van der Waals surface area (Å²) in [5.74, 6) is 0. The molecule has 0 nitrogen and oxygen atoms in total. The van der Waals surface area contributed by atoms with Crippen molar-refractivity contribution < 1.29 is 0 Å². The van der Waals surface area contributed by atoms with E-state index in [2.05, 4.69) is 46.4 Å². The van der Waals surface area contributed by atoms with E-state index in [0.717, 1.165) is 6.42 Å². The fourth-order valence-electron chi connectivity index (χ4n) is 1.42. The van der Waals surface area contributed by atoms with Gasteiger partial charge in [0.15, 0.2) is 0 Å². The first-order chi connectivity index (χ1) is 10.2. The van der Waals surface area contributed by atoms with Crippen LogP contribution in [0.5, 0.6) is 0 Å². The maximum Gasteiger partial charge on any atom is -0.0356 e. The van der Waals surface area contributed by atoms with Crippen LogP contribution in [0, 0.1) is 6.92 Å². The van der Waals surface area contributed by atoms with Gasteiger partial charge in [0.1, 0.15) is 0 Å². The average molecular weight is 293 g/mol. The first-order valence-corrected chi connectivity index (χ1v) is 8.85. The van der Waals surface area contributed by atoms with Crippen LogP contribution in [0.2, 0.25) is 0 Å². The second kappa shape index (κ2) is 27.3. The van der Waals surface area contributed by atoms with Gasteiger partial charge in [0.25, 0.3) is 0 Å². The lowest BCUT2D eigenvalue weighted by atomic mass is 10.2. The van der Waals surface area contributed by atoms with Gasteiger partial charge in [0.05, 0.1) is 0 Å². The van der Waals surface area contributed by atoms with Gasteiger partial charge < -0.3 is 0 Å². The van der Waals surface area contributed by atoms with Crippen molar-refractivity contribution in [3.63, 3.8) is 0 Å². The molecule has 0 aromatic heterocycles. The quantitative estimate of drug-likeness (QED) is 0.368. The Labute approximate surface area is 135 Å². The third kappa shape index (κ3) is 32.5. The molecule has 0 atom stereocenters. The van der Waals surface area contributed by atoms with Crippen LogP contribution in [-0.2, 0) is 0 Å². The van der Waals surface area contributed by atoms with Gasteiger partial charge in [0.2, 0.25) is 0 Å². The highest BCUT2D eigenvalue weighted by Crippen LogP contribution is 2.00. The van der Waals surface area contributed by atoms with Crippen LogP contribution in [0.4, 0.5) is 0 Å². The van der Waals surface area contributed by atoms with Crippen LogP contribution in [0.25, 0.3) is 0 Å². The van der Waals surface area contributed by atoms with Crippen LogP contribution >= 0.6 is 0 Å². The SMILES string of the molecule is C=CCCC.CC.CCCCCCC.Cc1ccccc1. The molecule has 1 aromatic carbocycles. The Bertz CT molecular complexity index is 244. The molecule has 0 heteroatoms. The Hall–Kier alpha value is -1.04. The summed E-state index contributed by atoms with van der Waals surface area (Å²) < 4.78 is 0. The first kappa shape index (κ1) is 24.9. The highest BCUT2D eigenvalue weighted by molar-refractivity contribution is 5.11. The lowest BCUT2D eigenvalue weighted by Gasteiger charge is -1.90. The summed E-state index contributed by atoms with van der Waals surface area (Å²) in [5, 5.41) is 0. The van der Waals surface area contributed by atoms with E-state index in [0.29, 0.717) is 0 Å². The third-order valence-corrected chi connectivity index (χ3v) is 2.64. The molecule has 1 rings (SSSR count). The van der Waals surface area contributed by atoms with Gasteiger partial charge in [0, 0.05) is 0 Å². The van der Waals surface area contributed by atoms with Gasteiger partial charge in [-0.1, -0.05) is 115 Å². The van der Waals surface area contributed by atoms with E-state index in [9.17, 15) is 0 Å². The molecule has 0 aliphatic rings. The number of aryl methyl sites for hydroxylation is 1. The minimum atomic E-state index is 1.15. The van der Waals surface area contributed by atoms with Gasteiger partial charge in [-0.15, -0.1) is 6.58 Å². The summed E-state index contributed by atoms with van der Waals surface area (Å²) in [6.07, 6.45) is 11.3. The molecule has 0 radical (unpaired) electrons. The highest BCUT2D eigenvalue weighted by Gasteiger charge is 1.80. The van der Waals surface area contributed by atoms with Crippen LogP contribution in [-0.4, -0.2) is 0 Å². The molecule has 0 bridgehead atoms. The summed E-state index contributed by atoms with van der Waals surface area (Å²) in [5.41, 5.74) is 1.32. The Morgan fingerprint density at radius 1 is 0.810 bits per heavy atom. The van der Waals surface area contributed by atoms with Crippen molar-refractivity contribution in [3.05, 3.63) is 48.6 Å². The van der Waals surface area contributed by atoms with Crippen molar-refractivity contribution >= 4 is 0 Å². The lowest BCUT2D eigenvalue weighted by Crippen LogP contribution is -1.70. The maximum absolute atomic E-state index is 3.55. The topological polar surface area (TPSA) is 0 Å². The minimum Gasteiger partial charge on any atom is -0.103 e. The van der Waals surface area contributed by atoms with Gasteiger partial charge in [-0.05, 0) is 13.3 Å². The normalized spacial score (nSPS) is 8.10. The summed E-state index contributed by atoms with van der Waals surface area (Å²) in [6.45, 7) is 16.3. The smallest absolute Gasteiger partial charge is 0.0356 e. The van der Waals surface area contributed by atoms with Crippen molar-refractivity contribution in [1.82, 2.24) is 0 Å². The van der Waals surface area contributed by atoms with E-state index in [-0.39, 0.29) is 0 Å². The first-order valence-electron chi connectivity index (χ1n) is 8.85. The zero-order valence-electron chi connectivity index (χ0n) is 15.6. The van der Waals surface area contributed by atoms with E-state index < -0.39 is 0 Å². The molecule has 21 heavy (non-hydrogen) atoms. The number of rotatable bonds is 6. The maximum atomic E-state index is 3.55. The van der Waals surface area contributed by atoms with E-state index in [1.54, 1.807) is 0 Å². The van der Waals surface area contributed by atoms with Crippen molar-refractivity contribution in [3.8, 4) is 0 Å². The number of hydrogen-bond acceptors (Lipinski definition) is 0. The number of benzene rings is 1. The van der Waals surface area contributed by atoms with Crippen molar-refractivity contribution in [2.24, 2.45) is 0 Å². The standard InChI is InChI=1S/C7H8.C7H16.C5H10.C2H6/c1-7-5-3-2-4-6-7;1-3-5-7-6-4-2;1-3-5-4-2;1-2/h2-6H,1H3;3-7H2,1-2H3;3H,1,4-5H2,2H3;1-2H3. The Kier molecular flexibility index (Phi) is 32.5. The molecule has 0 spiro atoms. The third-order valence-electron chi connectivity index (χ3n) is 2.64. The predicted octanol–water partition coefficient (Wildman–Crippen LogP) is 7.97. The Balaban J connectivity index is -0.000000222. The minimum absolute atomic E-state index is 1.15. The van der Waals surface area contributed by atoms with E-state index in [1.807, 2.05) is 38.1 Å². The molecule has 0 fully saturated rings. The van der Waals surface area contributed by atoms with Crippen molar-refractivity contribution in [2.45, 2.75) is 86.5 Å². The molecule has 0 saturated carbocycles. The second-order valence-electron chi connectivity index (χ2n) is 4.79. The van der Waals surface area contributed by atoms with Gasteiger partial charge in [-0.25, -0.2) is 0 Å². The molecule has 0 aliphatic carbocycles. The molecule has 0 heterocycles. The van der Waals surface area contributed by atoms with Crippen molar-refractivity contribution in [2.75, 3.05) is 0 Å². The van der Waals surface area contributed by atoms with Gasteiger partial charge in [-0.2, -0.15) is 0 Å². The van der Waals surface area contributed by atoms with Gasteiger partial charge >= 0.3 is 0 Å². The Morgan fingerprint density at radius 2 is 1.29 bits per heavy atom. The zero-order valence-corrected chi connectivity index (χ0v) is 15.6. The molecular weight excluding hydrogens is 252 g/mol. The van der Waals surface area contributed by atoms with Crippen LogP contribution < -0.4 is 0 Å². The van der Waals surface area contributed by atoms with Gasteiger partial charge in [-0.3, -0.25) is 0 Å². The lowest BCUT2D eigenvalue weighted by molar-refractivity contribution is 0.656. The number of unbranched alkanes of at least 4 members (excludes halogenated alkanes) is 5. The fraction of sp³-hybridized carbons (Fsp3) is 0.619. The zero-order chi connectivity index (χ0) is 16.8. The molecule has 1 aromatic rings. The predicted molar refractivity (Wildman–Crippen MR) is 102 cm³/mol. The molecular formula is C21H40. The van der Waals surface area contributed by atoms with Crippen LogP contribution in [0.3, 0.4) is 0 Å². The molecule has 0 aliphatic heterocycles. The molecule has 0 saturated heterocycles. The van der Waals surface area contributed by atoms with E-state index >= 15 is 0 Å². The highest BCUT2D eigenvalue weighted by atomic mass is 13.9. The second-order valence-corrected chi connectivity index (χ2v) is 4.79. The molecule has 0 amide bonds. The molecule has 124 valence electrons. The average Bonchev–Trinajstić information content (AvgIpc) is 2.53. The van der Waals surface area contributed by atoms with Crippen LogP contribution in [0.1, 0.15) is 85.1 Å². The van der Waals surface area contributed by atoms with Crippen LogP contribution in [0.15, 0.2) is 43.0 Å². The number of hydrogen-bond donors (Lipinski definition) is 0. The summed E-state index contributed by atoms with van der Waals surface area (Å²) in [7, 11) is 0. The summed E-state index contributed by atoms with van der Waals surface area (Å²) in [6, 6.07) is 10.3. The fourth-order valence-corrected chi connectivity index (χ4v) is 1.42. The van der Waals surface area contributed by atoms with E-state index in [4.69, 9.17) is 0 Å². The number of allylic oxidation sites excluding steroid dienone is 1. The largest absolute Gasteiger partial charge is 0.103 e. The summed E-state index contributed by atoms with van der Waals surface area (Å²) in [4.78, 5) is 0.